The Hall–Kier alpha value is -2.04. The number of amides is 1. The second kappa shape index (κ2) is 7.82. The van der Waals surface area contributed by atoms with E-state index in [4.69, 9.17) is 9.84 Å². The number of carbonyl (C=O) groups is 2. The normalized spacial score (nSPS) is 21.1. The lowest BCUT2D eigenvalue weighted by atomic mass is 9.83. The third kappa shape index (κ3) is 5.06. The van der Waals surface area contributed by atoms with E-state index in [9.17, 15) is 9.59 Å². The summed E-state index contributed by atoms with van der Waals surface area (Å²) in [5.74, 6) is 0.573. The molecule has 1 aromatic rings. The van der Waals surface area contributed by atoms with E-state index in [1.807, 2.05) is 0 Å². The minimum atomic E-state index is -1.04. The Morgan fingerprint density at radius 3 is 2.68 bits per heavy atom. The first kappa shape index (κ1) is 16.3. The molecule has 0 heterocycles. The summed E-state index contributed by atoms with van der Waals surface area (Å²) in [6, 6.07) is 6.60. The van der Waals surface area contributed by atoms with Gasteiger partial charge in [-0.15, -0.1) is 0 Å². The van der Waals surface area contributed by atoms with Gasteiger partial charge in [-0.2, -0.15) is 0 Å². The highest BCUT2D eigenvalue weighted by Gasteiger charge is 2.19. The molecule has 0 aromatic heterocycles. The molecule has 1 amide bonds. The van der Waals surface area contributed by atoms with E-state index in [1.54, 1.807) is 24.3 Å². The molecule has 5 nitrogen and oxygen atoms in total. The maximum atomic E-state index is 12.2. The van der Waals surface area contributed by atoms with Gasteiger partial charge in [-0.1, -0.05) is 25.8 Å². The Morgan fingerprint density at radius 1 is 1.27 bits per heavy atom. The molecule has 1 aliphatic rings. The van der Waals surface area contributed by atoms with Crippen LogP contribution in [0.1, 0.15) is 43.0 Å². The molecule has 0 saturated heterocycles. The van der Waals surface area contributed by atoms with Crippen molar-refractivity contribution >= 4 is 11.9 Å². The molecule has 1 fully saturated rings. The van der Waals surface area contributed by atoms with Gasteiger partial charge in [-0.25, -0.2) is 4.79 Å². The average Bonchev–Trinajstić information content (AvgIpc) is 2.52. The fraction of sp³-hybridized carbons (Fsp3) is 0.529. The molecule has 0 aliphatic heterocycles. The van der Waals surface area contributed by atoms with Crippen LogP contribution in [0.2, 0.25) is 0 Å². The number of aliphatic carboxylic acids is 1. The van der Waals surface area contributed by atoms with Gasteiger partial charge in [0.2, 0.25) is 0 Å². The first-order chi connectivity index (χ1) is 10.5. The van der Waals surface area contributed by atoms with Crippen molar-refractivity contribution in [3.05, 3.63) is 29.8 Å². The molecule has 0 atom stereocenters. The van der Waals surface area contributed by atoms with Gasteiger partial charge >= 0.3 is 5.97 Å². The standard InChI is InChI=1S/C17H23NO4/c1-12-5-7-13(8-6-12)10-18-17(21)14-3-2-4-15(9-14)22-11-16(19)20/h2-4,9,12-13H,5-8,10-11H2,1H3,(H,18,21)(H,19,20). The molecule has 2 rings (SSSR count). The zero-order valence-corrected chi connectivity index (χ0v) is 12.9. The molecule has 22 heavy (non-hydrogen) atoms. The summed E-state index contributed by atoms with van der Waals surface area (Å²) in [4.78, 5) is 22.6. The number of nitrogens with one attached hydrogen (secondary N) is 1. The van der Waals surface area contributed by atoms with Crippen LogP contribution in [0.25, 0.3) is 0 Å². The monoisotopic (exact) mass is 305 g/mol. The van der Waals surface area contributed by atoms with Gasteiger partial charge in [0.25, 0.3) is 5.91 Å². The Morgan fingerprint density at radius 2 is 2.00 bits per heavy atom. The van der Waals surface area contributed by atoms with Crippen LogP contribution in [0.3, 0.4) is 0 Å². The van der Waals surface area contributed by atoms with Gasteiger partial charge in [0.15, 0.2) is 6.61 Å². The summed E-state index contributed by atoms with van der Waals surface area (Å²) in [5, 5.41) is 11.6. The zero-order valence-electron chi connectivity index (χ0n) is 12.9. The van der Waals surface area contributed by atoms with Crippen LogP contribution in [-0.2, 0) is 4.79 Å². The van der Waals surface area contributed by atoms with Crippen molar-refractivity contribution in [1.82, 2.24) is 5.32 Å². The third-order valence-electron chi connectivity index (χ3n) is 4.15. The van der Waals surface area contributed by atoms with Gasteiger partial charge in [0.05, 0.1) is 0 Å². The molecule has 5 heteroatoms. The lowest BCUT2D eigenvalue weighted by Gasteiger charge is -2.26. The molecule has 0 radical (unpaired) electrons. The molecular weight excluding hydrogens is 282 g/mol. The summed E-state index contributed by atoms with van der Waals surface area (Å²) >= 11 is 0. The van der Waals surface area contributed by atoms with Crippen LogP contribution in [0.15, 0.2) is 24.3 Å². The molecule has 0 spiro atoms. The van der Waals surface area contributed by atoms with Crippen molar-refractivity contribution in [3.8, 4) is 5.75 Å². The van der Waals surface area contributed by atoms with Gasteiger partial charge in [0, 0.05) is 12.1 Å². The summed E-state index contributed by atoms with van der Waals surface area (Å²) in [5.41, 5.74) is 0.493. The van der Waals surface area contributed by atoms with E-state index >= 15 is 0 Å². The van der Waals surface area contributed by atoms with Crippen LogP contribution < -0.4 is 10.1 Å². The minimum absolute atomic E-state index is 0.139. The first-order valence-corrected chi connectivity index (χ1v) is 7.77. The maximum absolute atomic E-state index is 12.2. The molecule has 1 aromatic carbocycles. The van der Waals surface area contributed by atoms with E-state index in [-0.39, 0.29) is 5.91 Å². The van der Waals surface area contributed by atoms with Crippen LogP contribution in [0.5, 0.6) is 5.75 Å². The molecule has 0 unspecified atom stereocenters. The number of carbonyl (C=O) groups excluding carboxylic acids is 1. The predicted octanol–water partition coefficient (Wildman–Crippen LogP) is 2.71. The highest BCUT2D eigenvalue weighted by molar-refractivity contribution is 5.94. The Kier molecular flexibility index (Phi) is 5.81. The van der Waals surface area contributed by atoms with Gasteiger partial charge in [-0.05, 0) is 42.9 Å². The number of hydrogen-bond donors (Lipinski definition) is 2. The van der Waals surface area contributed by atoms with E-state index < -0.39 is 12.6 Å². The molecule has 120 valence electrons. The van der Waals surface area contributed by atoms with Crippen molar-refractivity contribution in [2.24, 2.45) is 11.8 Å². The summed E-state index contributed by atoms with van der Waals surface area (Å²) < 4.78 is 5.08. The van der Waals surface area contributed by atoms with E-state index in [2.05, 4.69) is 12.2 Å². The van der Waals surface area contributed by atoms with Crippen molar-refractivity contribution in [1.29, 1.82) is 0 Å². The highest BCUT2D eigenvalue weighted by Crippen LogP contribution is 2.27. The molecule has 0 bridgehead atoms. The number of carboxylic acids is 1. The van der Waals surface area contributed by atoms with Gasteiger partial charge in [0.1, 0.15) is 5.75 Å². The molecular formula is C17H23NO4. The van der Waals surface area contributed by atoms with Crippen LogP contribution in [0.4, 0.5) is 0 Å². The fourth-order valence-electron chi connectivity index (χ4n) is 2.74. The lowest BCUT2D eigenvalue weighted by molar-refractivity contribution is -0.139. The number of carboxylic acid groups (broad SMARTS) is 1. The van der Waals surface area contributed by atoms with E-state index in [0.29, 0.717) is 23.8 Å². The van der Waals surface area contributed by atoms with Crippen LogP contribution >= 0.6 is 0 Å². The fourth-order valence-corrected chi connectivity index (χ4v) is 2.74. The number of ether oxygens (including phenoxy) is 1. The largest absolute Gasteiger partial charge is 0.482 e. The van der Waals surface area contributed by atoms with Crippen LogP contribution in [0, 0.1) is 11.8 Å². The maximum Gasteiger partial charge on any atom is 0.341 e. The van der Waals surface area contributed by atoms with Crippen molar-refractivity contribution in [2.75, 3.05) is 13.2 Å². The highest BCUT2D eigenvalue weighted by atomic mass is 16.5. The zero-order chi connectivity index (χ0) is 15.9. The van der Waals surface area contributed by atoms with Crippen molar-refractivity contribution in [3.63, 3.8) is 0 Å². The SMILES string of the molecule is CC1CCC(CNC(=O)c2cccc(OCC(=O)O)c2)CC1. The smallest absolute Gasteiger partial charge is 0.341 e. The number of rotatable bonds is 6. The quantitative estimate of drug-likeness (QED) is 0.847. The lowest BCUT2D eigenvalue weighted by Crippen LogP contribution is -2.31. The second-order valence-corrected chi connectivity index (χ2v) is 6.05. The molecule has 1 aliphatic carbocycles. The first-order valence-electron chi connectivity index (χ1n) is 7.77. The Balaban J connectivity index is 1.84. The van der Waals surface area contributed by atoms with Crippen LogP contribution in [-0.4, -0.2) is 30.1 Å². The van der Waals surface area contributed by atoms with Crippen molar-refractivity contribution < 1.29 is 19.4 Å². The number of benzene rings is 1. The summed E-state index contributed by atoms with van der Waals surface area (Å²) in [7, 11) is 0. The topological polar surface area (TPSA) is 75.6 Å². The van der Waals surface area contributed by atoms with Gasteiger partial charge in [-0.3, -0.25) is 4.79 Å². The Bertz CT molecular complexity index is 521. The summed E-state index contributed by atoms with van der Waals surface area (Å²) in [6.07, 6.45) is 4.81. The summed E-state index contributed by atoms with van der Waals surface area (Å²) in [6.45, 7) is 2.56. The van der Waals surface area contributed by atoms with E-state index in [1.165, 1.54) is 25.7 Å². The third-order valence-corrected chi connectivity index (χ3v) is 4.15. The number of hydrogen-bond acceptors (Lipinski definition) is 3. The molecule has 1 saturated carbocycles. The predicted molar refractivity (Wildman–Crippen MR) is 83.0 cm³/mol. The average molecular weight is 305 g/mol. The van der Waals surface area contributed by atoms with Crippen molar-refractivity contribution in [2.45, 2.75) is 32.6 Å². The molecule has 2 N–H and O–H groups in total. The van der Waals surface area contributed by atoms with Gasteiger partial charge < -0.3 is 15.2 Å². The second-order valence-electron chi connectivity index (χ2n) is 6.05. The minimum Gasteiger partial charge on any atom is -0.482 e. The Labute approximate surface area is 130 Å². The van der Waals surface area contributed by atoms with E-state index in [0.717, 1.165) is 5.92 Å².